The average molecular weight is 267 g/mol. The molecule has 112 valence electrons. The number of hydrogen-bond donors (Lipinski definition) is 1. The molecule has 1 aliphatic heterocycles. The van der Waals surface area contributed by atoms with Crippen molar-refractivity contribution in [1.29, 1.82) is 0 Å². The van der Waals surface area contributed by atoms with Gasteiger partial charge in [-0.25, -0.2) is 0 Å². The van der Waals surface area contributed by atoms with Gasteiger partial charge in [0.25, 0.3) is 0 Å². The lowest BCUT2D eigenvalue weighted by Crippen LogP contribution is -2.50. The first-order valence-corrected chi connectivity index (χ1v) is 8.42. The fourth-order valence-electron chi connectivity index (χ4n) is 4.05. The Labute approximate surface area is 119 Å². The Hall–Kier alpha value is -0.120. The van der Waals surface area contributed by atoms with E-state index in [4.69, 9.17) is 0 Å². The second kappa shape index (κ2) is 7.61. The molecule has 1 saturated carbocycles. The van der Waals surface area contributed by atoms with Crippen molar-refractivity contribution < 1.29 is 0 Å². The molecule has 0 amide bonds. The molecule has 3 atom stereocenters. The molecule has 2 fully saturated rings. The minimum Gasteiger partial charge on any atom is -0.314 e. The lowest BCUT2D eigenvalue weighted by molar-refractivity contribution is 0.0908. The molecule has 0 spiro atoms. The van der Waals surface area contributed by atoms with E-state index < -0.39 is 0 Å². The standard InChI is InChI=1S/C16H33N3/c1-4-15-13-18(3)10-7-11-19(15)16-9-6-8-14(12-16)17-5-2/h14-17H,4-13H2,1-3H3. The van der Waals surface area contributed by atoms with Crippen LogP contribution >= 0.6 is 0 Å². The fraction of sp³-hybridized carbons (Fsp3) is 1.00. The predicted molar refractivity (Wildman–Crippen MR) is 82.6 cm³/mol. The van der Waals surface area contributed by atoms with Crippen LogP contribution in [0.15, 0.2) is 0 Å². The first-order valence-electron chi connectivity index (χ1n) is 8.42. The number of nitrogens with one attached hydrogen (secondary N) is 1. The van der Waals surface area contributed by atoms with E-state index in [2.05, 4.69) is 36.0 Å². The van der Waals surface area contributed by atoms with E-state index in [1.807, 2.05) is 0 Å². The maximum atomic E-state index is 3.67. The van der Waals surface area contributed by atoms with Crippen LogP contribution in [0.25, 0.3) is 0 Å². The van der Waals surface area contributed by atoms with E-state index in [-0.39, 0.29) is 0 Å². The summed E-state index contributed by atoms with van der Waals surface area (Å²) in [6, 6.07) is 2.37. The zero-order valence-electron chi connectivity index (χ0n) is 13.2. The van der Waals surface area contributed by atoms with E-state index in [9.17, 15) is 0 Å². The molecule has 0 aromatic heterocycles. The number of likely N-dealkylation sites (N-methyl/N-ethyl adjacent to an activating group) is 1. The number of nitrogens with zero attached hydrogens (tertiary/aromatic N) is 2. The lowest BCUT2D eigenvalue weighted by atomic mass is 9.88. The Morgan fingerprint density at radius 1 is 1.11 bits per heavy atom. The van der Waals surface area contributed by atoms with Crippen molar-refractivity contribution in [2.75, 3.05) is 33.2 Å². The van der Waals surface area contributed by atoms with Gasteiger partial charge in [0, 0.05) is 24.7 Å². The monoisotopic (exact) mass is 267 g/mol. The van der Waals surface area contributed by atoms with E-state index in [1.165, 1.54) is 58.2 Å². The van der Waals surface area contributed by atoms with Crippen LogP contribution in [0.1, 0.15) is 52.4 Å². The highest BCUT2D eigenvalue weighted by atomic mass is 15.3. The van der Waals surface area contributed by atoms with Gasteiger partial charge in [-0.2, -0.15) is 0 Å². The smallest absolute Gasteiger partial charge is 0.0223 e. The number of rotatable bonds is 4. The first-order chi connectivity index (χ1) is 9.24. The molecular weight excluding hydrogens is 234 g/mol. The van der Waals surface area contributed by atoms with Crippen LogP contribution in [0.2, 0.25) is 0 Å². The quantitative estimate of drug-likeness (QED) is 0.843. The molecular formula is C16H33N3. The molecule has 3 heteroatoms. The van der Waals surface area contributed by atoms with Gasteiger partial charge in [-0.3, -0.25) is 4.90 Å². The molecule has 0 radical (unpaired) electrons. The Morgan fingerprint density at radius 3 is 2.68 bits per heavy atom. The first kappa shape index (κ1) is 15.3. The minimum atomic E-state index is 0.766. The topological polar surface area (TPSA) is 18.5 Å². The second-order valence-corrected chi connectivity index (χ2v) is 6.49. The molecule has 0 bridgehead atoms. The van der Waals surface area contributed by atoms with Gasteiger partial charge in [0.15, 0.2) is 0 Å². The largest absolute Gasteiger partial charge is 0.314 e. The Balaban J connectivity index is 1.97. The predicted octanol–water partition coefficient (Wildman–Crippen LogP) is 2.32. The summed E-state index contributed by atoms with van der Waals surface area (Å²) in [7, 11) is 2.29. The molecule has 0 aromatic rings. The van der Waals surface area contributed by atoms with Gasteiger partial charge in [0.05, 0.1) is 0 Å². The summed E-state index contributed by atoms with van der Waals surface area (Å²) >= 11 is 0. The molecule has 1 N–H and O–H groups in total. The summed E-state index contributed by atoms with van der Waals surface area (Å²) in [6.07, 6.45) is 8.22. The third-order valence-corrected chi connectivity index (χ3v) is 5.03. The minimum absolute atomic E-state index is 0.766. The Bertz CT molecular complexity index is 254. The average Bonchev–Trinajstić information content (AvgIpc) is 2.61. The molecule has 2 aliphatic rings. The van der Waals surface area contributed by atoms with Crippen LogP contribution in [0.3, 0.4) is 0 Å². The molecule has 3 unspecified atom stereocenters. The second-order valence-electron chi connectivity index (χ2n) is 6.49. The van der Waals surface area contributed by atoms with E-state index in [0.29, 0.717) is 0 Å². The van der Waals surface area contributed by atoms with Crippen molar-refractivity contribution in [3.05, 3.63) is 0 Å². The van der Waals surface area contributed by atoms with Crippen LogP contribution < -0.4 is 5.32 Å². The van der Waals surface area contributed by atoms with Gasteiger partial charge in [0.1, 0.15) is 0 Å². The van der Waals surface area contributed by atoms with Gasteiger partial charge < -0.3 is 10.2 Å². The third-order valence-electron chi connectivity index (χ3n) is 5.03. The summed E-state index contributed by atoms with van der Waals surface area (Å²) in [5.74, 6) is 0. The molecule has 1 heterocycles. The molecule has 1 aliphatic carbocycles. The zero-order chi connectivity index (χ0) is 13.7. The van der Waals surface area contributed by atoms with Gasteiger partial charge in [-0.05, 0) is 58.8 Å². The molecule has 1 saturated heterocycles. The van der Waals surface area contributed by atoms with Crippen LogP contribution in [-0.4, -0.2) is 61.2 Å². The highest BCUT2D eigenvalue weighted by Gasteiger charge is 2.31. The number of hydrogen-bond acceptors (Lipinski definition) is 3. The summed E-state index contributed by atoms with van der Waals surface area (Å²) < 4.78 is 0. The fourth-order valence-corrected chi connectivity index (χ4v) is 4.05. The van der Waals surface area contributed by atoms with Gasteiger partial charge in [-0.15, -0.1) is 0 Å². The van der Waals surface area contributed by atoms with Crippen LogP contribution in [-0.2, 0) is 0 Å². The van der Waals surface area contributed by atoms with Crippen molar-refractivity contribution in [3.63, 3.8) is 0 Å². The summed E-state index contributed by atoms with van der Waals surface area (Å²) in [5.41, 5.74) is 0. The summed E-state index contributed by atoms with van der Waals surface area (Å²) in [4.78, 5) is 5.38. The lowest BCUT2D eigenvalue weighted by Gasteiger charge is -2.41. The Kier molecular flexibility index (Phi) is 6.11. The van der Waals surface area contributed by atoms with E-state index in [1.54, 1.807) is 0 Å². The summed E-state index contributed by atoms with van der Waals surface area (Å²) in [6.45, 7) is 9.57. The van der Waals surface area contributed by atoms with Crippen molar-refractivity contribution in [1.82, 2.24) is 15.1 Å². The maximum absolute atomic E-state index is 3.67. The molecule has 2 rings (SSSR count). The maximum Gasteiger partial charge on any atom is 0.0223 e. The summed E-state index contributed by atoms with van der Waals surface area (Å²) in [5, 5.41) is 3.67. The van der Waals surface area contributed by atoms with Crippen LogP contribution in [0.5, 0.6) is 0 Å². The molecule has 3 nitrogen and oxygen atoms in total. The normalized spacial score (nSPS) is 35.2. The van der Waals surface area contributed by atoms with Crippen molar-refractivity contribution in [3.8, 4) is 0 Å². The Morgan fingerprint density at radius 2 is 1.95 bits per heavy atom. The van der Waals surface area contributed by atoms with Crippen LogP contribution in [0.4, 0.5) is 0 Å². The van der Waals surface area contributed by atoms with Crippen molar-refractivity contribution in [2.45, 2.75) is 70.5 Å². The third kappa shape index (κ3) is 4.17. The molecule has 19 heavy (non-hydrogen) atoms. The van der Waals surface area contributed by atoms with Crippen LogP contribution in [0, 0.1) is 0 Å². The van der Waals surface area contributed by atoms with Gasteiger partial charge in [0.2, 0.25) is 0 Å². The van der Waals surface area contributed by atoms with Gasteiger partial charge >= 0.3 is 0 Å². The highest BCUT2D eigenvalue weighted by Crippen LogP contribution is 2.27. The van der Waals surface area contributed by atoms with E-state index >= 15 is 0 Å². The SMILES string of the molecule is CCNC1CCCC(N2CCCN(C)CC2CC)C1. The van der Waals surface area contributed by atoms with Crippen molar-refractivity contribution in [2.24, 2.45) is 0 Å². The highest BCUT2D eigenvalue weighted by molar-refractivity contribution is 4.89. The zero-order valence-corrected chi connectivity index (χ0v) is 13.2. The van der Waals surface area contributed by atoms with E-state index in [0.717, 1.165) is 24.7 Å². The van der Waals surface area contributed by atoms with Gasteiger partial charge in [-0.1, -0.05) is 20.3 Å². The molecule has 0 aromatic carbocycles. The van der Waals surface area contributed by atoms with Crippen molar-refractivity contribution >= 4 is 0 Å².